The molecule has 18 nitrogen and oxygen atoms in total. The predicted molar refractivity (Wildman–Crippen MR) is 472 cm³/mol. The molecule has 0 spiro atoms. The van der Waals surface area contributed by atoms with Crippen molar-refractivity contribution in [3.8, 4) is 69.0 Å². The average Bonchev–Trinajstić information content (AvgIpc) is 0.714. The summed E-state index contributed by atoms with van der Waals surface area (Å²) in [6, 6.07) is 0.725. The normalized spacial score (nSPS) is 11.5. The molecule has 0 bridgehead atoms. The van der Waals surface area contributed by atoms with E-state index in [4.69, 9.17) is 56.8 Å². The lowest BCUT2D eigenvalue weighted by atomic mass is 9.93. The predicted octanol–water partition coefficient (Wildman–Crippen LogP) is 29.9. The number of esters is 6. The quantitative estimate of drug-likeness (QED) is 0.00865. The van der Waals surface area contributed by atoms with Crippen LogP contribution in [0.3, 0.4) is 0 Å². The average molecular weight is 2070 g/mol. The zero-order chi connectivity index (χ0) is 105. The molecule has 42 heteroatoms. The van der Waals surface area contributed by atoms with Gasteiger partial charge in [-0.25, -0.2) is 81.5 Å². The summed E-state index contributed by atoms with van der Waals surface area (Å²) in [5.74, 6) is -101. The first-order valence-electron chi connectivity index (χ1n) is 46.6. The maximum Gasteiger partial charge on any atom is 0.349 e. The molecule has 0 amide bonds. The number of carbonyl (C=O) groups is 6. The van der Waals surface area contributed by atoms with E-state index in [-0.39, 0.29) is 74.9 Å². The minimum atomic E-state index is -2.73. The highest BCUT2D eigenvalue weighted by Crippen LogP contribution is 2.51. The monoisotopic (exact) mass is 2060 g/mol. The van der Waals surface area contributed by atoms with Gasteiger partial charge in [0.1, 0.15) is 33.4 Å². The van der Waals surface area contributed by atoms with Crippen LogP contribution in [0.1, 0.15) is 296 Å². The van der Waals surface area contributed by atoms with E-state index in [1.165, 1.54) is 0 Å². The number of halogens is 24. The molecule has 0 heterocycles. The van der Waals surface area contributed by atoms with Crippen LogP contribution in [0.15, 0.2) is 36.4 Å². The summed E-state index contributed by atoms with van der Waals surface area (Å²) < 4.78 is 457. The highest BCUT2D eigenvalue weighted by atomic mass is 19.2. The van der Waals surface area contributed by atoms with Gasteiger partial charge in [0.2, 0.25) is 69.8 Å². The van der Waals surface area contributed by atoms with E-state index < -0.39 is 350 Å². The molecule has 10 rings (SSSR count). The van der Waals surface area contributed by atoms with E-state index >= 15 is 105 Å². The van der Waals surface area contributed by atoms with E-state index in [9.17, 15) is 28.8 Å². The standard InChI is InChI=1S/C102H96F24O18/c1-7-13-19-25-31-37-133-91-79(115)67(103)61(68(104)80(91)116)97(127)139-55-43-49-50(44-56(55)140-98(128)62-69(105)81(117)92(82(118)70(62)106)134-38-32-26-20-14-8-2)52-46-58(142-100(130)64-73(109)85(121)94(86(122)74(64)110)136-40-34-28-22-16-10-4)60(144-102(132)66-77(113)89(125)96(90(126)78(66)114)138-42-36-30-24-18-12-6)48-54(52)53-47-59(143-101(131)65-75(111)87(123)95(88(124)76(65)112)137-41-35-29-23-17-11-5)57(45-51(49)53)141-99(129)63-71(107)83(119)93(84(120)72(63)108)135-39-33-27-21-15-9-3/h43-48H,7-42H2,1-6H3. The van der Waals surface area contributed by atoms with E-state index in [2.05, 4.69) is 0 Å². The van der Waals surface area contributed by atoms with Crippen LogP contribution in [0.4, 0.5) is 105 Å². The Morgan fingerprint density at radius 3 is 0.368 bits per heavy atom. The number of ether oxygens (including phenoxy) is 12. The third kappa shape index (κ3) is 25.6. The van der Waals surface area contributed by atoms with Crippen molar-refractivity contribution < 1.29 is 191 Å². The second-order valence-corrected chi connectivity index (χ2v) is 33.2. The van der Waals surface area contributed by atoms with Gasteiger partial charge in [0.05, 0.1) is 39.6 Å². The third-order valence-electron chi connectivity index (χ3n) is 22.9. The zero-order valence-corrected chi connectivity index (χ0v) is 78.3. The van der Waals surface area contributed by atoms with Crippen LogP contribution in [0.5, 0.6) is 69.0 Å². The zero-order valence-electron chi connectivity index (χ0n) is 78.3. The Morgan fingerprint density at radius 1 is 0.160 bits per heavy atom. The van der Waals surface area contributed by atoms with Crippen LogP contribution < -0.4 is 56.8 Å². The molecule has 10 aromatic rings. The molecule has 144 heavy (non-hydrogen) atoms. The highest BCUT2D eigenvalue weighted by Gasteiger charge is 2.42. The van der Waals surface area contributed by atoms with Crippen molar-refractivity contribution in [3.63, 3.8) is 0 Å². The molecule has 0 aromatic heterocycles. The van der Waals surface area contributed by atoms with Crippen LogP contribution in [-0.2, 0) is 0 Å². The van der Waals surface area contributed by atoms with Crippen LogP contribution in [0.2, 0.25) is 0 Å². The fourth-order valence-electron chi connectivity index (χ4n) is 15.2. The van der Waals surface area contributed by atoms with E-state index in [0.717, 1.165) is 0 Å². The molecule has 0 saturated carbocycles. The molecule has 0 unspecified atom stereocenters. The lowest BCUT2D eigenvalue weighted by molar-refractivity contribution is 0.0668. The number of benzene rings is 10. The molecule has 10 aromatic carbocycles. The summed E-state index contributed by atoms with van der Waals surface area (Å²) in [6.45, 7) is 7.00. The largest absolute Gasteiger partial charge is 0.487 e. The van der Waals surface area contributed by atoms with Crippen LogP contribution in [0, 0.1) is 140 Å². The molecule has 0 aliphatic rings. The van der Waals surface area contributed by atoms with Gasteiger partial charge in [0.25, 0.3) is 0 Å². The van der Waals surface area contributed by atoms with Crippen LogP contribution in [0.25, 0.3) is 32.3 Å². The molecule has 0 aliphatic carbocycles. The second-order valence-electron chi connectivity index (χ2n) is 33.2. The number of unbranched alkanes of at least 4 members (excludes halogenated alkanes) is 24. The van der Waals surface area contributed by atoms with Gasteiger partial charge in [-0.1, -0.05) is 196 Å². The SMILES string of the molecule is CCCCCCCOc1c(F)c(F)c(C(=O)Oc2cc3c4cc(OC(=O)c5c(F)c(F)c(OCCCCCCC)c(F)c5F)c(OC(=O)c5c(F)c(F)c(OCCCCCCC)c(F)c5F)cc4c4cc(OC(=O)c5c(F)c(F)c(OCCCCCCC)c(F)c5F)c(OC(=O)c5c(F)c(F)c(OCCCCCCC)c(F)c5F)cc4c3cc2OC(=O)c2c(F)c(F)c(OCCCCCCC)c(F)c2F)c(F)c1F. The molecular weight excluding hydrogens is 1970 g/mol. The van der Waals surface area contributed by atoms with E-state index in [1.54, 1.807) is 0 Å². The van der Waals surface area contributed by atoms with Crippen molar-refractivity contribution >= 4 is 68.1 Å². The molecule has 0 saturated heterocycles. The Hall–Kier alpha value is -13.1. The molecule has 0 N–H and O–H groups in total. The summed E-state index contributed by atoms with van der Waals surface area (Å²) >= 11 is 0. The first kappa shape index (κ1) is 113. The minimum absolute atomic E-state index is 0.0160. The van der Waals surface area contributed by atoms with Crippen molar-refractivity contribution in [2.75, 3.05) is 39.6 Å². The fourth-order valence-corrected chi connectivity index (χ4v) is 15.2. The Labute approximate surface area is 808 Å². The Kier molecular flexibility index (Phi) is 41.1. The Bertz CT molecular complexity index is 5250. The smallest absolute Gasteiger partial charge is 0.349 e. The van der Waals surface area contributed by atoms with Gasteiger partial charge >= 0.3 is 35.8 Å². The summed E-state index contributed by atoms with van der Waals surface area (Å²) in [5, 5.41) is -7.10. The van der Waals surface area contributed by atoms with Gasteiger partial charge in [0.15, 0.2) is 139 Å². The third-order valence-corrected chi connectivity index (χ3v) is 22.9. The Balaban J connectivity index is 1.34. The highest BCUT2D eigenvalue weighted by molar-refractivity contribution is 6.27. The minimum Gasteiger partial charge on any atom is -0.487 e. The summed E-state index contributed by atoms with van der Waals surface area (Å²) in [4.78, 5) is 88.4. The van der Waals surface area contributed by atoms with Gasteiger partial charge in [0, 0.05) is 0 Å². The number of fused-ring (bicyclic) bond motifs is 6. The van der Waals surface area contributed by atoms with Crippen molar-refractivity contribution in [2.24, 2.45) is 0 Å². The van der Waals surface area contributed by atoms with E-state index in [1.807, 2.05) is 41.5 Å². The van der Waals surface area contributed by atoms with Crippen molar-refractivity contribution in [1.82, 2.24) is 0 Å². The van der Waals surface area contributed by atoms with Gasteiger partial charge in [-0.05, 0) is 107 Å². The van der Waals surface area contributed by atoms with Crippen LogP contribution >= 0.6 is 0 Å². The van der Waals surface area contributed by atoms with Crippen molar-refractivity contribution in [3.05, 3.63) is 209 Å². The molecule has 780 valence electrons. The molecule has 0 radical (unpaired) electrons. The molecular formula is C102H96F24O18. The maximum absolute atomic E-state index is 16.7. The first-order chi connectivity index (χ1) is 68.8. The van der Waals surface area contributed by atoms with Gasteiger partial charge < -0.3 is 56.8 Å². The van der Waals surface area contributed by atoms with E-state index in [0.29, 0.717) is 154 Å². The summed E-state index contributed by atoms with van der Waals surface area (Å²) in [7, 11) is 0. The number of hydrogen-bond acceptors (Lipinski definition) is 18. The van der Waals surface area contributed by atoms with Gasteiger partial charge in [-0.2, -0.15) is 52.7 Å². The number of rotatable bonds is 54. The lowest BCUT2D eigenvalue weighted by Crippen LogP contribution is -2.20. The molecule has 0 atom stereocenters. The maximum atomic E-state index is 16.7. The molecule has 0 fully saturated rings. The van der Waals surface area contributed by atoms with Crippen molar-refractivity contribution in [1.29, 1.82) is 0 Å². The topological polar surface area (TPSA) is 213 Å². The summed E-state index contributed by atoms with van der Waals surface area (Å²) in [6.07, 6.45) is 12.9. The second kappa shape index (κ2) is 52.4. The van der Waals surface area contributed by atoms with Crippen molar-refractivity contribution in [2.45, 2.75) is 234 Å². The van der Waals surface area contributed by atoms with Crippen LogP contribution in [-0.4, -0.2) is 75.5 Å². The first-order valence-corrected chi connectivity index (χ1v) is 46.6. The van der Waals surface area contributed by atoms with Gasteiger partial charge in [-0.3, -0.25) is 0 Å². The fraction of sp³-hybridized carbons (Fsp3) is 0.412. The Morgan fingerprint density at radius 2 is 0.264 bits per heavy atom. The lowest BCUT2D eigenvalue weighted by Gasteiger charge is -2.20. The number of hydrogen-bond donors (Lipinski definition) is 0. The molecule has 0 aliphatic heterocycles. The van der Waals surface area contributed by atoms with Gasteiger partial charge in [-0.15, -0.1) is 0 Å². The number of carbonyl (C=O) groups excluding carboxylic acids is 6. The summed E-state index contributed by atoms with van der Waals surface area (Å²) in [5.41, 5.74) is -14.6.